The minimum Gasteiger partial charge on any atom is -0.481 e. The molecule has 1 fully saturated rings. The Morgan fingerprint density at radius 3 is 2.25 bits per heavy atom. The third kappa shape index (κ3) is 10.0. The van der Waals surface area contributed by atoms with E-state index in [2.05, 4.69) is 4.90 Å². The van der Waals surface area contributed by atoms with Gasteiger partial charge in [0.1, 0.15) is 11.7 Å². The number of hydrogen-bond acceptors (Lipinski definition) is 6. The summed E-state index contributed by atoms with van der Waals surface area (Å²) < 4.78 is 11.2. The number of carboxylic acids is 1. The number of amides is 1. The first-order valence-electron chi connectivity index (χ1n) is 10.2. The highest BCUT2D eigenvalue weighted by Crippen LogP contribution is 2.13. The fourth-order valence-electron chi connectivity index (χ4n) is 2.92. The smallest absolute Gasteiger partial charge is 0.410 e. The lowest BCUT2D eigenvalue weighted by Crippen LogP contribution is -2.50. The van der Waals surface area contributed by atoms with Crippen molar-refractivity contribution in [3.63, 3.8) is 0 Å². The SMILES string of the molecule is CCCCC(OCCN1CCN(C(=O)OC(C)(C)C)CC1)C(=O)CCC(=O)O. The molecule has 0 spiro atoms. The van der Waals surface area contributed by atoms with E-state index < -0.39 is 17.7 Å². The van der Waals surface area contributed by atoms with E-state index in [0.717, 1.165) is 25.9 Å². The number of piperazine rings is 1. The van der Waals surface area contributed by atoms with Crippen molar-refractivity contribution in [1.29, 1.82) is 0 Å². The van der Waals surface area contributed by atoms with Gasteiger partial charge in [-0.1, -0.05) is 19.8 Å². The minimum absolute atomic E-state index is 0.0122. The molecular formula is C20H36N2O6. The summed E-state index contributed by atoms with van der Waals surface area (Å²) in [4.78, 5) is 38.9. The van der Waals surface area contributed by atoms with Crippen LogP contribution >= 0.6 is 0 Å². The maximum Gasteiger partial charge on any atom is 0.410 e. The van der Waals surface area contributed by atoms with Crippen molar-refractivity contribution in [2.45, 2.75) is 71.5 Å². The van der Waals surface area contributed by atoms with Gasteiger partial charge in [-0.2, -0.15) is 0 Å². The first kappa shape index (κ1) is 24.4. The van der Waals surface area contributed by atoms with E-state index in [-0.39, 0.29) is 24.7 Å². The lowest BCUT2D eigenvalue weighted by molar-refractivity contribution is -0.140. The van der Waals surface area contributed by atoms with Crippen molar-refractivity contribution >= 4 is 17.8 Å². The summed E-state index contributed by atoms with van der Waals surface area (Å²) in [7, 11) is 0. The topological polar surface area (TPSA) is 96.4 Å². The molecule has 1 N–H and O–H groups in total. The van der Waals surface area contributed by atoms with Crippen LogP contribution in [0.3, 0.4) is 0 Å². The summed E-state index contributed by atoms with van der Waals surface area (Å²) in [6.07, 6.45) is 1.50. The molecule has 0 saturated carbocycles. The number of unbranched alkanes of at least 4 members (excludes halogenated alkanes) is 1. The maximum absolute atomic E-state index is 12.2. The van der Waals surface area contributed by atoms with E-state index in [1.807, 2.05) is 27.7 Å². The van der Waals surface area contributed by atoms with Crippen LogP contribution in [0.1, 0.15) is 59.8 Å². The Kier molecular flexibility index (Phi) is 10.5. The number of ketones is 1. The van der Waals surface area contributed by atoms with Gasteiger partial charge in [0.25, 0.3) is 0 Å². The monoisotopic (exact) mass is 400 g/mol. The van der Waals surface area contributed by atoms with Gasteiger partial charge in [0.05, 0.1) is 13.0 Å². The Bertz CT molecular complexity index is 509. The summed E-state index contributed by atoms with van der Waals surface area (Å²) in [5.41, 5.74) is -0.497. The second-order valence-corrected chi connectivity index (χ2v) is 8.17. The Hall–Kier alpha value is -1.67. The molecule has 0 aromatic heterocycles. The Balaban J connectivity index is 2.35. The van der Waals surface area contributed by atoms with Crippen molar-refractivity contribution < 1.29 is 29.0 Å². The number of nitrogens with zero attached hydrogens (tertiary/aromatic N) is 2. The zero-order chi connectivity index (χ0) is 21.2. The van der Waals surface area contributed by atoms with Crippen molar-refractivity contribution in [3.8, 4) is 0 Å². The summed E-state index contributed by atoms with van der Waals surface area (Å²) in [6.45, 7) is 11.4. The molecule has 28 heavy (non-hydrogen) atoms. The number of carbonyl (C=O) groups is 3. The highest BCUT2D eigenvalue weighted by Gasteiger charge is 2.26. The molecule has 1 aliphatic heterocycles. The number of hydrogen-bond donors (Lipinski definition) is 1. The van der Waals surface area contributed by atoms with Crippen LogP contribution in [0, 0.1) is 0 Å². The van der Waals surface area contributed by atoms with Gasteiger partial charge >= 0.3 is 12.1 Å². The zero-order valence-electron chi connectivity index (χ0n) is 17.7. The van der Waals surface area contributed by atoms with Crippen LogP contribution in [-0.4, -0.2) is 83.8 Å². The standard InChI is InChI=1S/C20H36N2O6/c1-5-6-7-17(16(23)8-9-18(24)25)27-15-14-21-10-12-22(13-11-21)19(26)28-20(2,3)4/h17H,5-15H2,1-4H3,(H,24,25). The summed E-state index contributed by atoms with van der Waals surface area (Å²) in [5, 5.41) is 8.75. The molecule has 1 saturated heterocycles. The van der Waals surface area contributed by atoms with E-state index in [0.29, 0.717) is 32.7 Å². The average molecular weight is 401 g/mol. The van der Waals surface area contributed by atoms with Gasteiger partial charge in [-0.15, -0.1) is 0 Å². The van der Waals surface area contributed by atoms with E-state index in [4.69, 9.17) is 14.6 Å². The zero-order valence-corrected chi connectivity index (χ0v) is 17.7. The van der Waals surface area contributed by atoms with Crippen molar-refractivity contribution in [2.75, 3.05) is 39.3 Å². The molecule has 0 aromatic carbocycles. The van der Waals surface area contributed by atoms with E-state index in [9.17, 15) is 14.4 Å². The number of carbonyl (C=O) groups excluding carboxylic acids is 2. The highest BCUT2D eigenvalue weighted by atomic mass is 16.6. The van der Waals surface area contributed by atoms with Crippen LogP contribution in [0.2, 0.25) is 0 Å². The second-order valence-electron chi connectivity index (χ2n) is 8.17. The molecule has 1 rings (SSSR count). The second kappa shape index (κ2) is 12.0. The molecule has 1 heterocycles. The van der Waals surface area contributed by atoms with Gasteiger partial charge in [0.2, 0.25) is 0 Å². The van der Waals surface area contributed by atoms with Gasteiger partial charge in [0, 0.05) is 39.1 Å². The summed E-state index contributed by atoms with van der Waals surface area (Å²) in [6, 6.07) is 0. The van der Waals surface area contributed by atoms with E-state index in [1.165, 1.54) is 0 Å². The maximum atomic E-state index is 12.2. The predicted molar refractivity (Wildman–Crippen MR) is 105 cm³/mol. The Morgan fingerprint density at radius 1 is 1.07 bits per heavy atom. The molecule has 1 atom stereocenters. The van der Waals surface area contributed by atoms with Crippen LogP contribution in [-0.2, 0) is 19.1 Å². The van der Waals surface area contributed by atoms with Crippen LogP contribution in [0.25, 0.3) is 0 Å². The number of rotatable bonds is 11. The van der Waals surface area contributed by atoms with E-state index in [1.54, 1.807) is 4.90 Å². The molecular weight excluding hydrogens is 364 g/mol. The largest absolute Gasteiger partial charge is 0.481 e. The van der Waals surface area contributed by atoms with Gasteiger partial charge in [-0.3, -0.25) is 14.5 Å². The number of carboxylic acid groups (broad SMARTS) is 1. The number of ether oxygens (including phenoxy) is 2. The average Bonchev–Trinajstić information content (AvgIpc) is 2.61. The van der Waals surface area contributed by atoms with Crippen LogP contribution in [0.4, 0.5) is 4.79 Å². The lowest BCUT2D eigenvalue weighted by atomic mass is 10.0. The third-order valence-electron chi connectivity index (χ3n) is 4.51. The van der Waals surface area contributed by atoms with Gasteiger partial charge in [-0.25, -0.2) is 4.79 Å². The fraction of sp³-hybridized carbons (Fsp3) is 0.850. The number of aliphatic carboxylic acids is 1. The molecule has 8 heteroatoms. The molecule has 0 aromatic rings. The first-order chi connectivity index (χ1) is 13.1. The number of Topliss-reactive ketones (excluding diaryl/α,β-unsaturated/α-hetero) is 1. The quantitative estimate of drug-likeness (QED) is 0.569. The predicted octanol–water partition coefficient (Wildman–Crippen LogP) is 2.55. The van der Waals surface area contributed by atoms with Crippen molar-refractivity contribution in [2.24, 2.45) is 0 Å². The Morgan fingerprint density at radius 2 is 1.71 bits per heavy atom. The Labute approximate surface area is 168 Å². The van der Waals surface area contributed by atoms with Crippen molar-refractivity contribution in [3.05, 3.63) is 0 Å². The van der Waals surface area contributed by atoms with Crippen LogP contribution in [0.5, 0.6) is 0 Å². The molecule has 1 unspecified atom stereocenters. The lowest BCUT2D eigenvalue weighted by Gasteiger charge is -2.35. The van der Waals surface area contributed by atoms with E-state index >= 15 is 0 Å². The summed E-state index contributed by atoms with van der Waals surface area (Å²) in [5.74, 6) is -1.10. The third-order valence-corrected chi connectivity index (χ3v) is 4.51. The summed E-state index contributed by atoms with van der Waals surface area (Å²) >= 11 is 0. The molecule has 8 nitrogen and oxygen atoms in total. The van der Waals surface area contributed by atoms with Gasteiger partial charge < -0.3 is 19.5 Å². The molecule has 0 radical (unpaired) electrons. The van der Waals surface area contributed by atoms with Crippen molar-refractivity contribution in [1.82, 2.24) is 9.80 Å². The van der Waals surface area contributed by atoms with Gasteiger partial charge in [0.15, 0.2) is 5.78 Å². The highest BCUT2D eigenvalue weighted by molar-refractivity contribution is 5.86. The molecule has 1 aliphatic rings. The molecule has 0 aliphatic carbocycles. The first-order valence-corrected chi connectivity index (χ1v) is 10.2. The minimum atomic E-state index is -0.967. The normalized spacial score (nSPS) is 16.6. The van der Waals surface area contributed by atoms with Crippen LogP contribution < -0.4 is 0 Å². The van der Waals surface area contributed by atoms with Crippen LogP contribution in [0.15, 0.2) is 0 Å². The molecule has 0 bridgehead atoms. The molecule has 162 valence electrons. The van der Waals surface area contributed by atoms with Gasteiger partial charge in [-0.05, 0) is 27.2 Å². The fourth-order valence-corrected chi connectivity index (χ4v) is 2.92. The molecule has 1 amide bonds.